The Hall–Kier alpha value is -3.80. The van der Waals surface area contributed by atoms with Crippen LogP contribution < -0.4 is 24.3 Å². The molecule has 0 atom stereocenters. The SMILES string of the molecule is COc1cc(OC)c(/C=C/S(=O)(=O)Cc2cnc(OC)c(NC(=O)CCC(=O)O)c2)c(OC)c1. The number of benzene rings is 1. The lowest BCUT2D eigenvalue weighted by Gasteiger charge is -2.12. The molecule has 1 heterocycles. The van der Waals surface area contributed by atoms with Gasteiger partial charge in [-0.25, -0.2) is 13.4 Å². The van der Waals surface area contributed by atoms with Gasteiger partial charge in [0.1, 0.15) is 22.9 Å². The minimum Gasteiger partial charge on any atom is -0.496 e. The van der Waals surface area contributed by atoms with Crippen LogP contribution in [0.3, 0.4) is 0 Å². The van der Waals surface area contributed by atoms with Crippen LogP contribution in [0.25, 0.3) is 6.08 Å². The van der Waals surface area contributed by atoms with Crippen molar-refractivity contribution in [3.05, 3.63) is 40.9 Å². The summed E-state index contributed by atoms with van der Waals surface area (Å²) in [5.41, 5.74) is 0.828. The van der Waals surface area contributed by atoms with Crippen molar-refractivity contribution in [2.75, 3.05) is 33.8 Å². The van der Waals surface area contributed by atoms with Crippen LogP contribution in [-0.2, 0) is 25.2 Å². The van der Waals surface area contributed by atoms with Crippen LogP contribution in [0.4, 0.5) is 5.69 Å². The van der Waals surface area contributed by atoms with E-state index in [2.05, 4.69) is 10.3 Å². The molecule has 0 unspecified atom stereocenters. The van der Waals surface area contributed by atoms with Crippen LogP contribution in [0.1, 0.15) is 24.0 Å². The summed E-state index contributed by atoms with van der Waals surface area (Å²) < 4.78 is 46.4. The third kappa shape index (κ3) is 7.37. The molecule has 2 rings (SSSR count). The summed E-state index contributed by atoms with van der Waals surface area (Å²) in [6.07, 6.45) is 2.07. The monoisotopic (exact) mass is 494 g/mol. The molecule has 11 nitrogen and oxygen atoms in total. The zero-order chi connectivity index (χ0) is 25.3. The number of pyridine rings is 1. The summed E-state index contributed by atoms with van der Waals surface area (Å²) in [4.78, 5) is 26.7. The predicted octanol–water partition coefficient (Wildman–Crippen LogP) is 2.51. The predicted molar refractivity (Wildman–Crippen MR) is 124 cm³/mol. The Morgan fingerprint density at radius 3 is 2.18 bits per heavy atom. The van der Waals surface area contributed by atoms with E-state index in [4.69, 9.17) is 24.1 Å². The number of nitrogens with one attached hydrogen (secondary N) is 1. The summed E-state index contributed by atoms with van der Waals surface area (Å²) in [5, 5.41) is 12.2. The van der Waals surface area contributed by atoms with E-state index in [-0.39, 0.29) is 30.0 Å². The zero-order valence-corrected chi connectivity index (χ0v) is 20.0. The molecule has 2 N–H and O–H groups in total. The largest absolute Gasteiger partial charge is 0.496 e. The lowest BCUT2D eigenvalue weighted by molar-refractivity contribution is -0.138. The van der Waals surface area contributed by atoms with Gasteiger partial charge in [0.15, 0.2) is 9.84 Å². The second-order valence-electron chi connectivity index (χ2n) is 6.90. The van der Waals surface area contributed by atoms with Gasteiger partial charge in [-0.2, -0.15) is 0 Å². The van der Waals surface area contributed by atoms with Crippen LogP contribution in [0.15, 0.2) is 29.8 Å². The fraction of sp³-hybridized carbons (Fsp3) is 0.318. The second-order valence-corrected chi connectivity index (χ2v) is 8.78. The average Bonchev–Trinajstić information content (AvgIpc) is 2.80. The van der Waals surface area contributed by atoms with Gasteiger partial charge in [0.2, 0.25) is 11.8 Å². The highest BCUT2D eigenvalue weighted by Gasteiger charge is 2.16. The van der Waals surface area contributed by atoms with E-state index >= 15 is 0 Å². The van der Waals surface area contributed by atoms with Crippen molar-refractivity contribution in [3.63, 3.8) is 0 Å². The normalized spacial score (nSPS) is 11.2. The number of hydrogen-bond acceptors (Lipinski definition) is 9. The van der Waals surface area contributed by atoms with Crippen molar-refractivity contribution in [3.8, 4) is 23.1 Å². The fourth-order valence-electron chi connectivity index (χ4n) is 2.91. The van der Waals surface area contributed by atoms with Crippen LogP contribution in [0, 0.1) is 0 Å². The molecule has 0 saturated carbocycles. The number of methoxy groups -OCH3 is 4. The van der Waals surface area contributed by atoms with Crippen molar-refractivity contribution < 1.29 is 42.1 Å². The molecule has 1 aromatic carbocycles. The third-order valence-electron chi connectivity index (χ3n) is 4.50. The summed E-state index contributed by atoms with van der Waals surface area (Å²) in [7, 11) is 1.92. The number of aliphatic carboxylic acids is 1. The van der Waals surface area contributed by atoms with Gasteiger partial charge in [-0.05, 0) is 17.7 Å². The summed E-state index contributed by atoms with van der Waals surface area (Å²) in [6.45, 7) is 0. The lowest BCUT2D eigenvalue weighted by atomic mass is 10.1. The van der Waals surface area contributed by atoms with Crippen LogP contribution in [0.2, 0.25) is 0 Å². The van der Waals surface area contributed by atoms with Gasteiger partial charge in [0.25, 0.3) is 0 Å². The molecule has 12 heteroatoms. The van der Waals surface area contributed by atoms with Gasteiger partial charge in [-0.3, -0.25) is 9.59 Å². The molecule has 0 spiro atoms. The van der Waals surface area contributed by atoms with Crippen LogP contribution in [0.5, 0.6) is 23.1 Å². The van der Waals surface area contributed by atoms with Gasteiger partial charge in [-0.15, -0.1) is 0 Å². The Bertz CT molecular complexity index is 1150. The minimum atomic E-state index is -3.78. The summed E-state index contributed by atoms with van der Waals surface area (Å²) in [6, 6.07) is 4.60. The maximum atomic E-state index is 12.8. The molecular formula is C22H26N2O9S. The number of carbonyl (C=O) groups is 2. The number of sulfone groups is 1. The van der Waals surface area contributed by atoms with E-state index in [1.54, 1.807) is 12.1 Å². The number of ether oxygens (including phenoxy) is 4. The molecule has 2 aromatic rings. The fourth-order valence-corrected chi connectivity index (χ4v) is 3.97. The topological polar surface area (TPSA) is 150 Å². The van der Waals surface area contributed by atoms with Crippen molar-refractivity contribution >= 4 is 33.5 Å². The number of amides is 1. The van der Waals surface area contributed by atoms with Crippen molar-refractivity contribution in [2.24, 2.45) is 0 Å². The first-order chi connectivity index (χ1) is 16.1. The summed E-state index contributed by atoms with van der Waals surface area (Å²) >= 11 is 0. The average molecular weight is 495 g/mol. The molecule has 0 aliphatic rings. The molecule has 0 fully saturated rings. The molecule has 1 aromatic heterocycles. The molecular weight excluding hydrogens is 468 g/mol. The quantitative estimate of drug-likeness (QED) is 0.450. The Morgan fingerprint density at radius 1 is 1.00 bits per heavy atom. The highest BCUT2D eigenvalue weighted by molar-refractivity contribution is 7.93. The Kier molecular flexibility index (Phi) is 9.25. The maximum absolute atomic E-state index is 12.8. The van der Waals surface area contributed by atoms with Crippen LogP contribution in [-0.4, -0.2) is 58.8 Å². The molecule has 1 amide bonds. The Labute approximate surface area is 197 Å². The Morgan fingerprint density at radius 2 is 1.65 bits per heavy atom. The summed E-state index contributed by atoms with van der Waals surface area (Å²) in [5.74, 6) is -0.832. The van der Waals surface area contributed by atoms with Gasteiger partial charge >= 0.3 is 5.97 Å². The molecule has 34 heavy (non-hydrogen) atoms. The molecule has 184 valence electrons. The van der Waals surface area contributed by atoms with E-state index in [1.165, 1.54) is 46.8 Å². The third-order valence-corrected chi connectivity index (χ3v) is 5.79. The zero-order valence-electron chi connectivity index (χ0n) is 19.2. The van der Waals surface area contributed by atoms with Crippen molar-refractivity contribution in [2.45, 2.75) is 18.6 Å². The number of aromatic nitrogens is 1. The molecule has 0 saturated heterocycles. The number of anilines is 1. The maximum Gasteiger partial charge on any atom is 0.303 e. The van der Waals surface area contributed by atoms with Crippen molar-refractivity contribution in [1.82, 2.24) is 4.98 Å². The molecule has 0 aliphatic carbocycles. The van der Waals surface area contributed by atoms with Gasteiger partial charge < -0.3 is 29.4 Å². The van der Waals surface area contributed by atoms with Crippen molar-refractivity contribution in [1.29, 1.82) is 0 Å². The first kappa shape index (κ1) is 26.5. The number of carboxylic acid groups (broad SMARTS) is 1. The number of carboxylic acids is 1. The van der Waals surface area contributed by atoms with E-state index in [0.717, 1.165) is 5.41 Å². The van der Waals surface area contributed by atoms with E-state index in [0.29, 0.717) is 22.8 Å². The number of rotatable bonds is 12. The molecule has 0 radical (unpaired) electrons. The van der Waals surface area contributed by atoms with E-state index in [1.807, 2.05) is 0 Å². The van der Waals surface area contributed by atoms with Gasteiger partial charge in [0.05, 0.1) is 46.2 Å². The van der Waals surface area contributed by atoms with Crippen LogP contribution >= 0.6 is 0 Å². The Balaban J connectivity index is 2.27. The first-order valence-corrected chi connectivity index (χ1v) is 11.6. The lowest BCUT2D eigenvalue weighted by Crippen LogP contribution is -2.14. The first-order valence-electron chi connectivity index (χ1n) is 9.87. The minimum absolute atomic E-state index is 0.0630. The highest BCUT2D eigenvalue weighted by atomic mass is 32.2. The highest BCUT2D eigenvalue weighted by Crippen LogP contribution is 2.35. The molecule has 0 bridgehead atoms. The molecule has 0 aliphatic heterocycles. The second kappa shape index (κ2) is 11.9. The van der Waals surface area contributed by atoms with Gasteiger partial charge in [0, 0.05) is 30.2 Å². The number of carbonyl (C=O) groups excluding carboxylic acids is 1. The van der Waals surface area contributed by atoms with E-state index < -0.39 is 27.5 Å². The number of hydrogen-bond donors (Lipinski definition) is 2. The smallest absolute Gasteiger partial charge is 0.303 e. The number of nitrogens with zero attached hydrogens (tertiary/aromatic N) is 1. The van der Waals surface area contributed by atoms with E-state index in [9.17, 15) is 18.0 Å². The van der Waals surface area contributed by atoms with Gasteiger partial charge in [-0.1, -0.05) is 0 Å². The standard InChI is InChI=1S/C22H26N2O9S/c1-30-15-10-18(31-2)16(19(11-15)32-3)7-8-34(28,29)13-14-9-17(22(33-4)23-12-14)24-20(25)5-6-21(26)27/h7-12H,5-6,13H2,1-4H3,(H,24,25)(H,26,27)/b8-7+.